The molecule has 0 aliphatic rings. The number of carbonyl (C=O) groups is 2. The summed E-state index contributed by atoms with van der Waals surface area (Å²) in [5.41, 5.74) is 4.53. The molecule has 0 atom stereocenters. The van der Waals surface area contributed by atoms with E-state index in [1.165, 1.54) is 0 Å². The number of nitrogens with one attached hydrogen (secondary N) is 1. The largest absolute Gasteiger partial charge is 0.456 e. The molecule has 0 saturated carbocycles. The summed E-state index contributed by atoms with van der Waals surface area (Å²) in [6, 6.07) is 7.89. The number of hydrogen-bond acceptors (Lipinski definition) is 5. The Labute approximate surface area is 164 Å². The van der Waals surface area contributed by atoms with Crippen LogP contribution in [0.2, 0.25) is 0 Å². The summed E-state index contributed by atoms with van der Waals surface area (Å²) in [7, 11) is 0. The van der Waals surface area contributed by atoms with E-state index >= 15 is 0 Å². The van der Waals surface area contributed by atoms with Crippen LogP contribution in [0.15, 0.2) is 24.3 Å². The van der Waals surface area contributed by atoms with Crippen molar-refractivity contribution in [2.24, 2.45) is 0 Å². The molecule has 28 heavy (non-hydrogen) atoms. The maximum Gasteiger partial charge on any atom is 0.306 e. The quantitative estimate of drug-likeness (QED) is 0.478. The van der Waals surface area contributed by atoms with E-state index in [9.17, 15) is 9.59 Å². The highest BCUT2D eigenvalue weighted by Gasteiger charge is 2.15. The van der Waals surface area contributed by atoms with E-state index in [0.29, 0.717) is 13.0 Å². The van der Waals surface area contributed by atoms with Crippen LogP contribution in [0.5, 0.6) is 0 Å². The molecule has 1 amide bonds. The zero-order chi connectivity index (χ0) is 20.1. The molecule has 3 aromatic rings. The topological polar surface area (TPSA) is 85.6 Å². The molecule has 0 radical (unpaired) electrons. The van der Waals surface area contributed by atoms with Gasteiger partial charge in [-0.15, -0.1) is 0 Å². The Morgan fingerprint density at radius 2 is 2.00 bits per heavy atom. The number of aromatic nitrogens is 3. The van der Waals surface area contributed by atoms with Crippen molar-refractivity contribution in [2.45, 2.75) is 46.5 Å². The van der Waals surface area contributed by atoms with Gasteiger partial charge in [0.05, 0.1) is 5.52 Å². The predicted molar refractivity (Wildman–Crippen MR) is 107 cm³/mol. The summed E-state index contributed by atoms with van der Waals surface area (Å²) < 4.78 is 6.91. The van der Waals surface area contributed by atoms with Gasteiger partial charge in [0, 0.05) is 29.7 Å². The molecule has 2 heterocycles. The smallest absolute Gasteiger partial charge is 0.306 e. The molecule has 0 fully saturated rings. The molecular weight excluding hydrogens is 356 g/mol. The maximum atomic E-state index is 12.0. The third-order valence-electron chi connectivity index (χ3n) is 4.81. The molecule has 1 aromatic carbocycles. The van der Waals surface area contributed by atoms with Crippen LogP contribution in [0.1, 0.15) is 43.1 Å². The molecule has 7 heteroatoms. The highest BCUT2D eigenvalue weighted by Crippen LogP contribution is 2.22. The van der Waals surface area contributed by atoms with Crippen LogP contribution in [-0.2, 0) is 20.7 Å². The summed E-state index contributed by atoms with van der Waals surface area (Å²) in [6.07, 6.45) is 2.60. The van der Waals surface area contributed by atoms with E-state index in [4.69, 9.17) is 9.72 Å². The van der Waals surface area contributed by atoms with Crippen molar-refractivity contribution in [3.05, 3.63) is 41.2 Å². The van der Waals surface area contributed by atoms with E-state index in [0.717, 1.165) is 46.3 Å². The van der Waals surface area contributed by atoms with Gasteiger partial charge in [0.15, 0.2) is 12.3 Å². The number of aryl methyl sites for hydroxylation is 2. The monoisotopic (exact) mass is 382 g/mol. The number of carbonyl (C=O) groups excluding carboxylic acids is 2. The van der Waals surface area contributed by atoms with Crippen molar-refractivity contribution >= 4 is 28.4 Å². The van der Waals surface area contributed by atoms with Gasteiger partial charge < -0.3 is 10.1 Å². The van der Waals surface area contributed by atoms with Crippen LogP contribution in [0, 0.1) is 13.8 Å². The van der Waals surface area contributed by atoms with Crippen LogP contribution in [-0.4, -0.2) is 39.6 Å². The first kappa shape index (κ1) is 19.8. The van der Waals surface area contributed by atoms with Gasteiger partial charge in [-0.2, -0.15) is 5.10 Å². The van der Waals surface area contributed by atoms with Gasteiger partial charge in [-0.05, 0) is 44.4 Å². The molecule has 1 N–H and O–H groups in total. The number of esters is 1. The summed E-state index contributed by atoms with van der Waals surface area (Å²) in [5, 5.41) is 8.36. The molecule has 0 bridgehead atoms. The fourth-order valence-corrected chi connectivity index (χ4v) is 3.24. The summed E-state index contributed by atoms with van der Waals surface area (Å²) in [6.45, 7) is 6.35. The highest BCUT2D eigenvalue weighted by molar-refractivity contribution is 5.92. The normalized spacial score (nSPS) is 11.1. The minimum absolute atomic E-state index is 0.192. The molecule has 0 aliphatic heterocycles. The zero-order valence-electron chi connectivity index (χ0n) is 16.6. The fourth-order valence-electron chi connectivity index (χ4n) is 3.24. The molecule has 2 aromatic heterocycles. The van der Waals surface area contributed by atoms with Gasteiger partial charge in [0.1, 0.15) is 0 Å². The number of nitrogens with zero attached hydrogens (tertiary/aromatic N) is 3. The Kier molecular flexibility index (Phi) is 6.23. The average Bonchev–Trinajstić information content (AvgIpc) is 3.05. The van der Waals surface area contributed by atoms with Crippen LogP contribution in [0.25, 0.3) is 16.6 Å². The van der Waals surface area contributed by atoms with Crippen molar-refractivity contribution in [3.8, 4) is 0 Å². The lowest BCUT2D eigenvalue weighted by atomic mass is 10.1. The number of rotatable bonds is 8. The number of benzene rings is 1. The standard InChI is InChI=1S/C21H26N4O3/c1-4-5-12-22-19(26)13-28-20(27)11-10-16-14(2)23-21-17-8-6-7-9-18(17)24-25(21)15(16)3/h6-9H,4-5,10-13H2,1-3H3,(H,22,26). The molecule has 148 valence electrons. The number of fused-ring (bicyclic) bond motifs is 3. The van der Waals surface area contributed by atoms with E-state index in [1.54, 1.807) is 0 Å². The summed E-state index contributed by atoms with van der Waals surface area (Å²) >= 11 is 0. The fraction of sp³-hybridized carbons (Fsp3) is 0.429. The number of unbranched alkanes of at least 4 members (excludes halogenated alkanes) is 1. The Balaban J connectivity index is 1.65. The second kappa shape index (κ2) is 8.82. The van der Waals surface area contributed by atoms with Gasteiger partial charge in [0.25, 0.3) is 5.91 Å². The SMILES string of the molecule is CCCCNC(=O)COC(=O)CCc1c(C)nc2c3ccccc3nn2c1C. The Bertz CT molecular complexity index is 1010. The second-order valence-electron chi connectivity index (χ2n) is 6.88. The van der Waals surface area contributed by atoms with Crippen LogP contribution >= 0.6 is 0 Å². The van der Waals surface area contributed by atoms with Crippen molar-refractivity contribution in [1.29, 1.82) is 0 Å². The second-order valence-corrected chi connectivity index (χ2v) is 6.88. The van der Waals surface area contributed by atoms with Crippen molar-refractivity contribution < 1.29 is 14.3 Å². The molecule has 3 rings (SSSR count). The third kappa shape index (κ3) is 4.30. The van der Waals surface area contributed by atoms with Crippen LogP contribution in [0.3, 0.4) is 0 Å². The molecule has 0 unspecified atom stereocenters. The van der Waals surface area contributed by atoms with Gasteiger partial charge in [0.2, 0.25) is 0 Å². The first-order chi connectivity index (χ1) is 13.5. The van der Waals surface area contributed by atoms with E-state index < -0.39 is 5.97 Å². The third-order valence-corrected chi connectivity index (χ3v) is 4.81. The lowest BCUT2D eigenvalue weighted by Gasteiger charge is -2.11. The maximum absolute atomic E-state index is 12.0. The van der Waals surface area contributed by atoms with Crippen molar-refractivity contribution in [2.75, 3.05) is 13.2 Å². The predicted octanol–water partition coefficient (Wildman–Crippen LogP) is 2.89. The number of ether oxygens (including phenoxy) is 1. The Morgan fingerprint density at radius 1 is 1.21 bits per heavy atom. The van der Waals surface area contributed by atoms with Gasteiger partial charge >= 0.3 is 5.97 Å². The number of amides is 1. The Morgan fingerprint density at radius 3 is 2.79 bits per heavy atom. The lowest BCUT2D eigenvalue weighted by molar-refractivity contribution is -0.148. The minimum Gasteiger partial charge on any atom is -0.456 e. The van der Waals surface area contributed by atoms with E-state index in [1.807, 2.05) is 49.6 Å². The minimum atomic E-state index is -0.393. The van der Waals surface area contributed by atoms with Gasteiger partial charge in [-0.1, -0.05) is 25.5 Å². The summed E-state index contributed by atoms with van der Waals surface area (Å²) in [5.74, 6) is -0.657. The van der Waals surface area contributed by atoms with Gasteiger partial charge in [-0.25, -0.2) is 9.50 Å². The molecule has 0 aliphatic carbocycles. The Hall–Kier alpha value is -2.96. The van der Waals surface area contributed by atoms with Crippen molar-refractivity contribution in [1.82, 2.24) is 19.9 Å². The lowest BCUT2D eigenvalue weighted by Crippen LogP contribution is -2.29. The summed E-state index contributed by atoms with van der Waals surface area (Å²) in [4.78, 5) is 28.4. The highest BCUT2D eigenvalue weighted by atomic mass is 16.5. The average molecular weight is 382 g/mol. The zero-order valence-corrected chi connectivity index (χ0v) is 16.6. The van der Waals surface area contributed by atoms with E-state index in [-0.39, 0.29) is 18.9 Å². The molecule has 0 spiro atoms. The molecule has 7 nitrogen and oxygen atoms in total. The molecular formula is C21H26N4O3. The van der Waals surface area contributed by atoms with Crippen molar-refractivity contribution in [3.63, 3.8) is 0 Å². The first-order valence-electron chi connectivity index (χ1n) is 9.67. The first-order valence-corrected chi connectivity index (χ1v) is 9.67. The van der Waals surface area contributed by atoms with Crippen LogP contribution in [0.4, 0.5) is 0 Å². The van der Waals surface area contributed by atoms with E-state index in [2.05, 4.69) is 10.4 Å². The van der Waals surface area contributed by atoms with Crippen LogP contribution < -0.4 is 5.32 Å². The molecule has 0 saturated heterocycles. The van der Waals surface area contributed by atoms with Gasteiger partial charge in [-0.3, -0.25) is 9.59 Å². The number of hydrogen-bond donors (Lipinski definition) is 1.